The minimum absolute atomic E-state index is 0.0216. The zero-order valence-corrected chi connectivity index (χ0v) is 25.6. The Morgan fingerprint density at radius 1 is 1.04 bits per heavy atom. The van der Waals surface area contributed by atoms with Crippen LogP contribution in [0.3, 0.4) is 0 Å². The third-order valence-corrected chi connectivity index (χ3v) is 9.29. The molecule has 2 aromatic heterocycles. The zero-order chi connectivity index (χ0) is 32.3. The van der Waals surface area contributed by atoms with E-state index in [0.29, 0.717) is 37.3 Å². The number of ether oxygens (including phenoxy) is 1. The molecule has 2 aliphatic heterocycles. The number of aromatic nitrogens is 3. The van der Waals surface area contributed by atoms with E-state index in [-0.39, 0.29) is 34.8 Å². The molecule has 2 aliphatic rings. The highest BCUT2D eigenvalue weighted by Crippen LogP contribution is 2.50. The van der Waals surface area contributed by atoms with Gasteiger partial charge in [-0.25, -0.2) is 23.1 Å². The van der Waals surface area contributed by atoms with Crippen LogP contribution < -0.4 is 9.64 Å². The summed E-state index contributed by atoms with van der Waals surface area (Å²) >= 11 is 1.21. The molecule has 0 aliphatic carbocycles. The summed E-state index contributed by atoms with van der Waals surface area (Å²) in [5.74, 6) is -2.93. The number of rotatable bonds is 8. The number of alkyl halides is 3. The van der Waals surface area contributed by atoms with Crippen LogP contribution in [-0.2, 0) is 6.18 Å². The lowest BCUT2D eigenvalue weighted by atomic mass is 9.72. The Labute approximate surface area is 267 Å². The Morgan fingerprint density at radius 3 is 2.57 bits per heavy atom. The second-order valence-corrected chi connectivity index (χ2v) is 12.3. The van der Waals surface area contributed by atoms with E-state index in [1.165, 1.54) is 42.0 Å². The second-order valence-electron chi connectivity index (χ2n) is 11.7. The Morgan fingerprint density at radius 2 is 1.85 bits per heavy atom. The predicted octanol–water partition coefficient (Wildman–Crippen LogP) is 7.69. The van der Waals surface area contributed by atoms with Crippen molar-refractivity contribution >= 4 is 29.1 Å². The van der Waals surface area contributed by atoms with Gasteiger partial charge in [-0.2, -0.15) is 13.2 Å². The van der Waals surface area contributed by atoms with Crippen LogP contribution in [0.15, 0.2) is 60.2 Å². The number of likely N-dealkylation sites (tertiary alicyclic amines) is 1. The van der Waals surface area contributed by atoms with Crippen LogP contribution in [0.4, 0.5) is 27.6 Å². The maximum atomic E-state index is 15.9. The first-order valence-electron chi connectivity index (χ1n) is 15.0. The molecule has 0 amide bonds. The SMILES string of the molecule is OCCN1CCC2(CCCN(c3c(/C=C(\F)c4nccc(-c5cnsc5)n4)ccc(Oc4ccccc4F)c3C(F)(F)F)C2)CC1. The third-order valence-electron chi connectivity index (χ3n) is 8.70. The molecule has 0 unspecified atom stereocenters. The number of hydrogen-bond acceptors (Lipinski definition) is 8. The molecule has 7 nitrogen and oxygen atoms in total. The number of halogens is 5. The Hall–Kier alpha value is -3.94. The van der Waals surface area contributed by atoms with E-state index in [0.717, 1.165) is 50.6 Å². The lowest BCUT2D eigenvalue weighted by molar-refractivity contribution is -0.138. The van der Waals surface area contributed by atoms with Gasteiger partial charge in [-0.1, -0.05) is 12.1 Å². The molecular formula is C33H32F5N5O2S. The topological polar surface area (TPSA) is 74.6 Å². The number of para-hydroxylation sites is 1. The van der Waals surface area contributed by atoms with Crippen molar-refractivity contribution in [2.75, 3.05) is 44.2 Å². The molecule has 1 spiro atoms. The van der Waals surface area contributed by atoms with Crippen molar-refractivity contribution in [3.8, 4) is 22.8 Å². The van der Waals surface area contributed by atoms with Gasteiger partial charge in [-0.15, -0.1) is 0 Å². The van der Waals surface area contributed by atoms with E-state index in [1.54, 1.807) is 22.5 Å². The van der Waals surface area contributed by atoms with Gasteiger partial charge in [-0.05, 0) is 92.1 Å². The molecular weight excluding hydrogens is 625 g/mol. The minimum atomic E-state index is -4.92. The molecule has 0 saturated carbocycles. The number of benzene rings is 2. The molecule has 242 valence electrons. The molecule has 4 aromatic rings. The summed E-state index contributed by atoms with van der Waals surface area (Å²) in [6.45, 7) is 2.69. The number of anilines is 1. The number of nitrogens with zero attached hydrogens (tertiary/aromatic N) is 5. The second kappa shape index (κ2) is 13.4. The molecule has 0 radical (unpaired) electrons. The first kappa shape index (κ1) is 32.0. The van der Waals surface area contributed by atoms with Gasteiger partial charge in [0.15, 0.2) is 23.2 Å². The van der Waals surface area contributed by atoms with E-state index in [4.69, 9.17) is 4.74 Å². The largest absolute Gasteiger partial charge is 0.454 e. The Bertz CT molecular complexity index is 1690. The Kier molecular flexibility index (Phi) is 9.34. The molecule has 4 heterocycles. The monoisotopic (exact) mass is 657 g/mol. The number of piperidine rings is 2. The third kappa shape index (κ3) is 6.91. The maximum absolute atomic E-state index is 15.9. The summed E-state index contributed by atoms with van der Waals surface area (Å²) in [5, 5.41) is 11.1. The van der Waals surface area contributed by atoms with Crippen LogP contribution in [0.1, 0.15) is 42.6 Å². The smallest absolute Gasteiger partial charge is 0.422 e. The number of β-amino-alcohol motifs (C(OH)–C–C–N with tert-alkyl or cyclic N) is 1. The zero-order valence-electron chi connectivity index (χ0n) is 24.8. The van der Waals surface area contributed by atoms with Crippen molar-refractivity contribution in [1.29, 1.82) is 0 Å². The van der Waals surface area contributed by atoms with Gasteiger partial charge in [0.2, 0.25) is 0 Å². The van der Waals surface area contributed by atoms with Crippen LogP contribution in [0, 0.1) is 11.2 Å². The van der Waals surface area contributed by atoms with Crippen molar-refractivity contribution in [3.63, 3.8) is 0 Å². The van der Waals surface area contributed by atoms with Gasteiger partial charge >= 0.3 is 6.18 Å². The van der Waals surface area contributed by atoms with Crippen molar-refractivity contribution in [3.05, 3.63) is 83.0 Å². The van der Waals surface area contributed by atoms with Gasteiger partial charge in [0.25, 0.3) is 0 Å². The summed E-state index contributed by atoms with van der Waals surface area (Å²) < 4.78 is 85.4. The van der Waals surface area contributed by atoms with Crippen molar-refractivity contribution in [2.24, 2.45) is 5.41 Å². The van der Waals surface area contributed by atoms with Crippen LogP contribution >= 0.6 is 11.5 Å². The Balaban J connectivity index is 1.45. The molecule has 2 fully saturated rings. The minimum Gasteiger partial charge on any atom is -0.454 e. The first-order valence-corrected chi connectivity index (χ1v) is 15.8. The first-order chi connectivity index (χ1) is 22.2. The fraction of sp³-hybridized carbons (Fsp3) is 0.364. The molecule has 2 saturated heterocycles. The number of aliphatic hydroxyl groups excluding tert-OH is 1. The van der Waals surface area contributed by atoms with E-state index < -0.39 is 29.1 Å². The van der Waals surface area contributed by atoms with Gasteiger partial charge < -0.3 is 19.6 Å². The highest BCUT2D eigenvalue weighted by molar-refractivity contribution is 7.03. The summed E-state index contributed by atoms with van der Waals surface area (Å²) in [7, 11) is 0. The van der Waals surface area contributed by atoms with E-state index >= 15 is 17.6 Å². The average molecular weight is 658 g/mol. The van der Waals surface area contributed by atoms with Gasteiger partial charge in [0.1, 0.15) is 11.3 Å². The summed E-state index contributed by atoms with van der Waals surface area (Å²) in [4.78, 5) is 12.1. The maximum Gasteiger partial charge on any atom is 0.422 e. The van der Waals surface area contributed by atoms with E-state index in [1.807, 2.05) is 0 Å². The quantitative estimate of drug-likeness (QED) is 0.195. The van der Waals surface area contributed by atoms with Crippen LogP contribution in [0.5, 0.6) is 11.5 Å². The van der Waals surface area contributed by atoms with Crippen LogP contribution in [0.25, 0.3) is 23.2 Å². The summed E-state index contributed by atoms with van der Waals surface area (Å²) in [5.41, 5.74) is -0.511. The predicted molar refractivity (Wildman–Crippen MR) is 167 cm³/mol. The van der Waals surface area contributed by atoms with Crippen molar-refractivity contribution in [1.82, 2.24) is 19.2 Å². The molecule has 2 aromatic carbocycles. The molecule has 0 bridgehead atoms. The van der Waals surface area contributed by atoms with Crippen LogP contribution in [-0.4, -0.2) is 63.7 Å². The van der Waals surface area contributed by atoms with Gasteiger partial charge in [-0.3, -0.25) is 0 Å². The van der Waals surface area contributed by atoms with E-state index in [2.05, 4.69) is 19.2 Å². The molecule has 46 heavy (non-hydrogen) atoms. The normalized spacial score (nSPS) is 17.4. The van der Waals surface area contributed by atoms with E-state index in [9.17, 15) is 9.50 Å². The van der Waals surface area contributed by atoms with Gasteiger partial charge in [0.05, 0.1) is 24.2 Å². The standard InChI is InChI=1S/C33H32F5N5O2S/c34-24-4-1-2-5-27(24)45-28-7-6-22(18-25(35)31-39-12-8-26(41-31)23-19-40-46-20-23)30(29(28)33(36,37)38)43-13-3-9-32(21-43)10-14-42(15-11-32)16-17-44/h1-2,4-8,12,18-20,44H,3,9-11,13-17,21H2/b25-18-. The number of aliphatic hydroxyl groups is 1. The summed E-state index contributed by atoms with van der Waals surface area (Å²) in [6, 6.07) is 9.30. The number of hydrogen-bond donors (Lipinski definition) is 1. The van der Waals surface area contributed by atoms with Crippen molar-refractivity contribution < 1.29 is 31.8 Å². The fourth-order valence-electron chi connectivity index (χ4n) is 6.42. The highest BCUT2D eigenvalue weighted by atomic mass is 32.1. The van der Waals surface area contributed by atoms with Gasteiger partial charge in [0, 0.05) is 42.3 Å². The lowest BCUT2D eigenvalue weighted by Crippen LogP contribution is -2.50. The summed E-state index contributed by atoms with van der Waals surface area (Å²) in [6.07, 6.45) is 2.07. The van der Waals surface area contributed by atoms with Crippen molar-refractivity contribution in [2.45, 2.75) is 31.9 Å². The average Bonchev–Trinajstić information content (AvgIpc) is 3.59. The fourth-order valence-corrected chi connectivity index (χ4v) is 6.95. The van der Waals surface area contributed by atoms with Crippen LogP contribution in [0.2, 0.25) is 0 Å². The molecule has 6 rings (SSSR count). The molecule has 13 heteroatoms. The highest BCUT2D eigenvalue weighted by Gasteiger charge is 2.44. The molecule has 1 N–H and O–H groups in total. The lowest BCUT2D eigenvalue weighted by Gasteiger charge is -2.49. The molecule has 0 atom stereocenters.